The van der Waals surface area contributed by atoms with Crippen molar-refractivity contribution < 1.29 is 21.6 Å². The van der Waals surface area contributed by atoms with Crippen LogP contribution < -0.4 is 4.72 Å². The lowest BCUT2D eigenvalue weighted by atomic mass is 10.0. The number of benzene rings is 1. The van der Waals surface area contributed by atoms with Crippen LogP contribution in [0.25, 0.3) is 11.4 Å². The van der Waals surface area contributed by atoms with Crippen LogP contribution >= 0.6 is 11.6 Å². The summed E-state index contributed by atoms with van der Waals surface area (Å²) in [6.07, 6.45) is 4.99. The van der Waals surface area contributed by atoms with Crippen molar-refractivity contribution in [2.24, 2.45) is 0 Å². The fourth-order valence-electron chi connectivity index (χ4n) is 2.89. The fraction of sp³-hybridized carbons (Fsp3) is 0.200. The molecule has 174 valence electrons. The van der Waals surface area contributed by atoms with E-state index in [1.165, 1.54) is 41.5 Å². The number of ketones is 1. The lowest BCUT2D eigenvalue weighted by Gasteiger charge is -2.09. The molecule has 0 saturated heterocycles. The topological polar surface area (TPSA) is 141 Å². The predicted molar refractivity (Wildman–Crippen MR) is 125 cm³/mol. The molecule has 0 spiro atoms. The van der Waals surface area contributed by atoms with E-state index in [1.807, 2.05) is 0 Å². The molecule has 0 aliphatic carbocycles. The molecule has 0 amide bonds. The van der Waals surface area contributed by atoms with Gasteiger partial charge in [0.2, 0.25) is 10.0 Å². The van der Waals surface area contributed by atoms with Gasteiger partial charge >= 0.3 is 0 Å². The SMILES string of the molecule is C=C(CCC(=O)c1cc(Cl)cc(S(C)(=O)=O)c1)c1ncnn1-c1ccc(NS(C)(=O)=O)cn1. The zero-order chi connectivity index (χ0) is 24.4. The summed E-state index contributed by atoms with van der Waals surface area (Å²) in [5, 5.41) is 4.27. The van der Waals surface area contributed by atoms with Crippen LogP contribution in [0.5, 0.6) is 0 Å². The summed E-state index contributed by atoms with van der Waals surface area (Å²) in [5.74, 6) is 0.452. The normalized spacial score (nSPS) is 11.8. The first-order valence-corrected chi connectivity index (χ1v) is 13.6. The lowest BCUT2D eigenvalue weighted by molar-refractivity contribution is 0.0984. The Morgan fingerprint density at radius 2 is 1.82 bits per heavy atom. The first-order chi connectivity index (χ1) is 15.3. The molecule has 10 nitrogen and oxygen atoms in total. The summed E-state index contributed by atoms with van der Waals surface area (Å²) in [4.78, 5) is 21.0. The maximum Gasteiger partial charge on any atom is 0.229 e. The molecule has 0 aliphatic heterocycles. The number of sulfonamides is 1. The second-order valence-corrected chi connectivity index (χ2v) is 11.4. The van der Waals surface area contributed by atoms with E-state index < -0.39 is 19.9 Å². The molecule has 0 atom stereocenters. The van der Waals surface area contributed by atoms with Gasteiger partial charge in [0.1, 0.15) is 6.33 Å². The van der Waals surface area contributed by atoms with Gasteiger partial charge in [0.25, 0.3) is 0 Å². The van der Waals surface area contributed by atoms with Gasteiger partial charge in [0, 0.05) is 23.3 Å². The predicted octanol–water partition coefficient (Wildman–Crippen LogP) is 2.77. The molecule has 2 aromatic heterocycles. The van der Waals surface area contributed by atoms with Crippen LogP contribution in [0.3, 0.4) is 0 Å². The number of nitrogens with zero attached hydrogens (tertiary/aromatic N) is 4. The number of hydrogen-bond donors (Lipinski definition) is 1. The minimum atomic E-state index is -3.52. The summed E-state index contributed by atoms with van der Waals surface area (Å²) in [6, 6.07) is 7.09. The van der Waals surface area contributed by atoms with Crippen molar-refractivity contribution in [3.63, 3.8) is 0 Å². The summed E-state index contributed by atoms with van der Waals surface area (Å²) in [6.45, 7) is 3.97. The first kappa shape index (κ1) is 24.6. The van der Waals surface area contributed by atoms with Crippen LogP contribution in [0.2, 0.25) is 5.02 Å². The number of hydrogen-bond acceptors (Lipinski definition) is 8. The summed E-state index contributed by atoms with van der Waals surface area (Å²) in [7, 11) is -6.95. The molecule has 0 fully saturated rings. The number of sulfone groups is 1. The molecule has 33 heavy (non-hydrogen) atoms. The van der Waals surface area contributed by atoms with Gasteiger partial charge in [-0.25, -0.2) is 26.8 Å². The maximum absolute atomic E-state index is 12.7. The number of rotatable bonds is 9. The molecular weight excluding hydrogens is 490 g/mol. The Kier molecular flexibility index (Phi) is 7.00. The average Bonchev–Trinajstić information content (AvgIpc) is 3.20. The van der Waals surface area contributed by atoms with E-state index in [0.29, 0.717) is 22.9 Å². The van der Waals surface area contributed by atoms with E-state index in [1.54, 1.807) is 6.07 Å². The molecule has 0 radical (unpaired) electrons. The van der Waals surface area contributed by atoms with Gasteiger partial charge in [-0.05, 0) is 42.3 Å². The van der Waals surface area contributed by atoms with E-state index in [9.17, 15) is 21.6 Å². The molecule has 2 heterocycles. The van der Waals surface area contributed by atoms with Crippen LogP contribution in [0.15, 0.2) is 54.3 Å². The van der Waals surface area contributed by atoms with Crippen LogP contribution in [-0.4, -0.2) is 54.9 Å². The first-order valence-electron chi connectivity index (χ1n) is 9.40. The second-order valence-electron chi connectivity index (χ2n) is 7.25. The van der Waals surface area contributed by atoms with E-state index in [0.717, 1.165) is 12.5 Å². The van der Waals surface area contributed by atoms with Crippen molar-refractivity contribution in [2.45, 2.75) is 17.7 Å². The molecular formula is C20H20ClN5O5S2. The van der Waals surface area contributed by atoms with E-state index in [4.69, 9.17) is 11.6 Å². The highest BCUT2D eigenvalue weighted by Crippen LogP contribution is 2.23. The van der Waals surface area contributed by atoms with Gasteiger partial charge < -0.3 is 0 Å². The Hall–Kier alpha value is -3.09. The summed E-state index contributed by atoms with van der Waals surface area (Å²) < 4.78 is 50.0. The van der Waals surface area contributed by atoms with E-state index >= 15 is 0 Å². The van der Waals surface area contributed by atoms with Gasteiger partial charge in [-0.2, -0.15) is 9.78 Å². The molecule has 3 rings (SSSR count). The number of pyridine rings is 1. The number of carbonyl (C=O) groups is 1. The van der Waals surface area contributed by atoms with Crippen LogP contribution in [0, 0.1) is 0 Å². The van der Waals surface area contributed by atoms with Crippen molar-refractivity contribution in [3.05, 3.63) is 65.8 Å². The van der Waals surface area contributed by atoms with Crippen molar-refractivity contribution in [1.82, 2.24) is 19.7 Å². The third-order valence-electron chi connectivity index (χ3n) is 4.41. The molecule has 0 aliphatic rings. The molecule has 3 aromatic rings. The number of anilines is 1. The van der Waals surface area contributed by atoms with Gasteiger partial charge in [0.15, 0.2) is 27.3 Å². The van der Waals surface area contributed by atoms with Gasteiger partial charge in [-0.15, -0.1) is 0 Å². The van der Waals surface area contributed by atoms with E-state index in [2.05, 4.69) is 26.4 Å². The molecule has 13 heteroatoms. The Morgan fingerprint density at radius 1 is 1.09 bits per heavy atom. The Labute approximate surface area is 196 Å². The van der Waals surface area contributed by atoms with Gasteiger partial charge in [-0.1, -0.05) is 18.2 Å². The van der Waals surface area contributed by atoms with Crippen molar-refractivity contribution in [3.8, 4) is 5.82 Å². The molecule has 1 N–H and O–H groups in total. The monoisotopic (exact) mass is 509 g/mol. The number of aromatic nitrogens is 4. The molecule has 0 bridgehead atoms. The van der Waals surface area contributed by atoms with Crippen molar-refractivity contribution in [1.29, 1.82) is 0 Å². The number of carbonyl (C=O) groups excluding carboxylic acids is 1. The lowest BCUT2D eigenvalue weighted by Crippen LogP contribution is -2.10. The highest BCUT2D eigenvalue weighted by Gasteiger charge is 2.17. The van der Waals surface area contributed by atoms with Crippen LogP contribution in [0.4, 0.5) is 5.69 Å². The minimum absolute atomic E-state index is 0.0307. The Morgan fingerprint density at radius 3 is 2.42 bits per heavy atom. The molecule has 1 aromatic carbocycles. The van der Waals surface area contributed by atoms with E-state index in [-0.39, 0.29) is 34.1 Å². The number of halogens is 1. The quantitative estimate of drug-likeness (QED) is 0.434. The van der Waals surface area contributed by atoms with Crippen molar-refractivity contribution >= 4 is 48.5 Å². The van der Waals surface area contributed by atoms with Gasteiger partial charge in [-0.3, -0.25) is 9.52 Å². The fourth-order valence-corrected chi connectivity index (χ4v) is 4.43. The zero-order valence-corrected chi connectivity index (χ0v) is 20.1. The largest absolute Gasteiger partial charge is 0.294 e. The second kappa shape index (κ2) is 9.41. The maximum atomic E-state index is 12.7. The third-order valence-corrected chi connectivity index (χ3v) is 6.32. The highest BCUT2D eigenvalue weighted by molar-refractivity contribution is 7.92. The molecule has 0 unspecified atom stereocenters. The smallest absolute Gasteiger partial charge is 0.229 e. The average molecular weight is 510 g/mol. The van der Waals surface area contributed by atoms with Gasteiger partial charge in [0.05, 0.1) is 23.0 Å². The van der Waals surface area contributed by atoms with Crippen LogP contribution in [-0.2, 0) is 19.9 Å². The molecule has 0 saturated carbocycles. The number of allylic oxidation sites excluding steroid dienone is 1. The summed E-state index contributed by atoms with van der Waals surface area (Å²) in [5.41, 5.74) is 0.987. The number of nitrogens with one attached hydrogen (secondary N) is 1. The van der Waals surface area contributed by atoms with Crippen LogP contribution in [0.1, 0.15) is 29.0 Å². The standard InChI is InChI=1S/C20H20ClN5O5S2/c1-13(4-6-18(27)14-8-15(21)10-17(9-14)32(2,28)29)20-23-12-24-26(20)19-7-5-16(11-22-19)25-33(3,30)31/h5,7-12,25H,1,4,6H2,2-3H3. The summed E-state index contributed by atoms with van der Waals surface area (Å²) >= 11 is 5.98. The third kappa shape index (κ3) is 6.46. The highest BCUT2D eigenvalue weighted by atomic mass is 35.5. The minimum Gasteiger partial charge on any atom is -0.294 e. The Bertz CT molecular complexity index is 1430. The van der Waals surface area contributed by atoms with Crippen molar-refractivity contribution in [2.75, 3.05) is 17.2 Å². The zero-order valence-electron chi connectivity index (χ0n) is 17.7. The number of Topliss-reactive ketones (excluding diaryl/α,β-unsaturated/α-hetero) is 1. The Balaban J connectivity index is 1.74.